The monoisotopic (exact) mass is 251 g/mol. The number of carboxylic acid groups (broad SMARTS) is 1. The number of rotatable bonds is 8. The summed E-state index contributed by atoms with van der Waals surface area (Å²) >= 11 is 0. The summed E-state index contributed by atoms with van der Waals surface area (Å²) in [5, 5.41) is 17.8. The van der Waals surface area contributed by atoms with E-state index < -0.39 is 5.97 Å². The fraction of sp³-hybridized carbons (Fsp3) is 0.500. The van der Waals surface area contributed by atoms with Crippen molar-refractivity contribution in [3.63, 3.8) is 0 Å². The highest BCUT2D eigenvalue weighted by Gasteiger charge is 2.10. The first-order valence-corrected chi connectivity index (χ1v) is 6.25. The predicted octanol–water partition coefficient (Wildman–Crippen LogP) is 1.98. The lowest BCUT2D eigenvalue weighted by Gasteiger charge is -2.17. The molecular weight excluding hydrogens is 230 g/mol. The molecule has 0 aliphatic rings. The third-order valence-corrected chi connectivity index (χ3v) is 2.89. The van der Waals surface area contributed by atoms with Gasteiger partial charge < -0.3 is 15.1 Å². The SMILES string of the molecule is CN(CCCCCO)Cc1ccccc1C(=O)O. The maximum atomic E-state index is 11.1. The average Bonchev–Trinajstić information content (AvgIpc) is 2.35. The molecule has 18 heavy (non-hydrogen) atoms. The van der Waals surface area contributed by atoms with Crippen LogP contribution in [-0.2, 0) is 6.54 Å². The second-order valence-corrected chi connectivity index (χ2v) is 4.48. The molecule has 0 saturated carbocycles. The van der Waals surface area contributed by atoms with Crippen LogP contribution in [0, 0.1) is 0 Å². The van der Waals surface area contributed by atoms with Crippen molar-refractivity contribution >= 4 is 5.97 Å². The Kier molecular flexibility index (Phi) is 6.39. The fourth-order valence-corrected chi connectivity index (χ4v) is 1.91. The van der Waals surface area contributed by atoms with Gasteiger partial charge in [-0.05, 0) is 44.5 Å². The number of hydrogen-bond donors (Lipinski definition) is 2. The van der Waals surface area contributed by atoms with Crippen LogP contribution < -0.4 is 0 Å². The van der Waals surface area contributed by atoms with Gasteiger partial charge in [-0.15, -0.1) is 0 Å². The van der Waals surface area contributed by atoms with Crippen molar-refractivity contribution in [3.05, 3.63) is 35.4 Å². The molecule has 0 radical (unpaired) electrons. The Morgan fingerprint density at radius 1 is 1.22 bits per heavy atom. The molecule has 1 aromatic carbocycles. The van der Waals surface area contributed by atoms with Gasteiger partial charge >= 0.3 is 5.97 Å². The van der Waals surface area contributed by atoms with Crippen LogP contribution >= 0.6 is 0 Å². The van der Waals surface area contributed by atoms with E-state index in [0.717, 1.165) is 31.4 Å². The van der Waals surface area contributed by atoms with Crippen molar-refractivity contribution in [3.8, 4) is 0 Å². The zero-order valence-electron chi connectivity index (χ0n) is 10.8. The van der Waals surface area contributed by atoms with Gasteiger partial charge in [0.1, 0.15) is 0 Å². The molecule has 0 bridgehead atoms. The minimum atomic E-state index is -0.876. The second kappa shape index (κ2) is 7.84. The van der Waals surface area contributed by atoms with E-state index in [0.29, 0.717) is 12.1 Å². The predicted molar refractivity (Wildman–Crippen MR) is 70.7 cm³/mol. The molecule has 2 N–H and O–H groups in total. The van der Waals surface area contributed by atoms with E-state index in [9.17, 15) is 4.79 Å². The number of nitrogens with zero attached hydrogens (tertiary/aromatic N) is 1. The normalized spacial score (nSPS) is 10.8. The molecule has 0 spiro atoms. The van der Waals surface area contributed by atoms with E-state index in [4.69, 9.17) is 10.2 Å². The minimum absolute atomic E-state index is 0.242. The molecule has 0 saturated heterocycles. The van der Waals surface area contributed by atoms with E-state index >= 15 is 0 Å². The summed E-state index contributed by atoms with van der Waals surface area (Å²) in [6.45, 7) is 1.79. The van der Waals surface area contributed by atoms with Crippen LogP contribution in [0.2, 0.25) is 0 Å². The molecule has 0 aliphatic carbocycles. The summed E-state index contributed by atoms with van der Waals surface area (Å²) in [6, 6.07) is 7.10. The minimum Gasteiger partial charge on any atom is -0.478 e. The lowest BCUT2D eigenvalue weighted by atomic mass is 10.1. The Morgan fingerprint density at radius 2 is 1.94 bits per heavy atom. The molecule has 1 aromatic rings. The first kappa shape index (κ1) is 14.7. The van der Waals surface area contributed by atoms with Crippen LogP contribution in [0.25, 0.3) is 0 Å². The zero-order chi connectivity index (χ0) is 13.4. The smallest absolute Gasteiger partial charge is 0.336 e. The number of benzene rings is 1. The van der Waals surface area contributed by atoms with Gasteiger partial charge in [0.25, 0.3) is 0 Å². The fourth-order valence-electron chi connectivity index (χ4n) is 1.91. The maximum absolute atomic E-state index is 11.1. The molecule has 0 aromatic heterocycles. The molecule has 0 unspecified atom stereocenters. The number of unbranched alkanes of at least 4 members (excludes halogenated alkanes) is 2. The third-order valence-electron chi connectivity index (χ3n) is 2.89. The Balaban J connectivity index is 2.48. The summed E-state index contributed by atoms with van der Waals surface area (Å²) in [6.07, 6.45) is 2.85. The molecule has 0 amide bonds. The van der Waals surface area contributed by atoms with Crippen molar-refractivity contribution in [2.24, 2.45) is 0 Å². The van der Waals surface area contributed by atoms with Crippen LogP contribution in [0.15, 0.2) is 24.3 Å². The maximum Gasteiger partial charge on any atom is 0.336 e. The largest absolute Gasteiger partial charge is 0.478 e. The van der Waals surface area contributed by atoms with E-state index in [1.54, 1.807) is 12.1 Å². The van der Waals surface area contributed by atoms with Crippen LogP contribution in [-0.4, -0.2) is 41.3 Å². The summed E-state index contributed by atoms with van der Waals surface area (Å²) < 4.78 is 0. The van der Waals surface area contributed by atoms with Gasteiger partial charge in [0, 0.05) is 13.2 Å². The van der Waals surface area contributed by atoms with Crippen molar-refractivity contribution in [2.45, 2.75) is 25.8 Å². The van der Waals surface area contributed by atoms with Crippen molar-refractivity contribution in [2.75, 3.05) is 20.2 Å². The number of aliphatic hydroxyl groups excluding tert-OH is 1. The van der Waals surface area contributed by atoms with E-state index in [1.165, 1.54) is 0 Å². The van der Waals surface area contributed by atoms with Crippen LogP contribution in [0.4, 0.5) is 0 Å². The Morgan fingerprint density at radius 3 is 2.61 bits per heavy atom. The topological polar surface area (TPSA) is 60.8 Å². The molecule has 4 heteroatoms. The van der Waals surface area contributed by atoms with Gasteiger partial charge in [-0.25, -0.2) is 4.79 Å². The summed E-state index contributed by atoms with van der Waals surface area (Å²) in [7, 11) is 1.98. The van der Waals surface area contributed by atoms with E-state index in [2.05, 4.69) is 4.90 Å². The molecular formula is C14H21NO3. The van der Waals surface area contributed by atoms with Gasteiger partial charge in [-0.1, -0.05) is 18.2 Å². The first-order chi connectivity index (χ1) is 8.65. The van der Waals surface area contributed by atoms with Gasteiger partial charge in [-0.2, -0.15) is 0 Å². The second-order valence-electron chi connectivity index (χ2n) is 4.48. The standard InChI is InChI=1S/C14H21NO3/c1-15(9-5-2-6-10-16)11-12-7-3-4-8-13(12)14(17)18/h3-4,7-8,16H,2,5-6,9-11H2,1H3,(H,17,18). The molecule has 0 fully saturated rings. The number of hydrogen-bond acceptors (Lipinski definition) is 3. The Labute approximate surface area is 108 Å². The zero-order valence-corrected chi connectivity index (χ0v) is 10.8. The Hall–Kier alpha value is -1.39. The van der Waals surface area contributed by atoms with Crippen LogP contribution in [0.3, 0.4) is 0 Å². The van der Waals surface area contributed by atoms with Crippen molar-refractivity contribution in [1.82, 2.24) is 4.90 Å². The van der Waals surface area contributed by atoms with Gasteiger partial charge in [0.2, 0.25) is 0 Å². The summed E-state index contributed by atoms with van der Waals surface area (Å²) in [4.78, 5) is 13.2. The van der Waals surface area contributed by atoms with E-state index in [-0.39, 0.29) is 6.61 Å². The molecule has 0 heterocycles. The van der Waals surface area contributed by atoms with Gasteiger partial charge in [0.05, 0.1) is 5.56 Å². The molecule has 1 rings (SSSR count). The molecule has 0 atom stereocenters. The van der Waals surface area contributed by atoms with Crippen LogP contribution in [0.5, 0.6) is 0 Å². The third kappa shape index (κ3) is 4.85. The van der Waals surface area contributed by atoms with Gasteiger partial charge in [0.15, 0.2) is 0 Å². The highest BCUT2D eigenvalue weighted by molar-refractivity contribution is 5.89. The lowest BCUT2D eigenvalue weighted by Crippen LogP contribution is -2.20. The number of carbonyl (C=O) groups is 1. The number of aliphatic hydroxyl groups is 1. The molecule has 0 aliphatic heterocycles. The van der Waals surface area contributed by atoms with Gasteiger partial charge in [-0.3, -0.25) is 0 Å². The molecule has 100 valence electrons. The van der Waals surface area contributed by atoms with Crippen molar-refractivity contribution < 1.29 is 15.0 Å². The van der Waals surface area contributed by atoms with E-state index in [1.807, 2.05) is 19.2 Å². The molecule has 4 nitrogen and oxygen atoms in total. The highest BCUT2D eigenvalue weighted by atomic mass is 16.4. The highest BCUT2D eigenvalue weighted by Crippen LogP contribution is 2.11. The quantitative estimate of drug-likeness (QED) is 0.694. The summed E-state index contributed by atoms with van der Waals surface area (Å²) in [5.74, 6) is -0.876. The first-order valence-electron chi connectivity index (χ1n) is 6.25. The van der Waals surface area contributed by atoms with Crippen molar-refractivity contribution in [1.29, 1.82) is 0 Å². The lowest BCUT2D eigenvalue weighted by molar-refractivity contribution is 0.0694. The summed E-state index contributed by atoms with van der Waals surface area (Å²) in [5.41, 5.74) is 1.22. The van der Waals surface area contributed by atoms with Crippen LogP contribution in [0.1, 0.15) is 35.2 Å². The number of carboxylic acids is 1. The Bertz CT molecular complexity index is 379. The average molecular weight is 251 g/mol. The number of aromatic carboxylic acids is 1.